The minimum absolute atomic E-state index is 0.658. The summed E-state index contributed by atoms with van der Waals surface area (Å²) >= 11 is 7.39. The molecule has 26 heavy (non-hydrogen) atoms. The van der Waals surface area contributed by atoms with Crippen molar-refractivity contribution < 1.29 is 9.47 Å². The lowest BCUT2D eigenvalue weighted by atomic mass is 10.1. The van der Waals surface area contributed by atoms with Gasteiger partial charge in [0.05, 0.1) is 35.1 Å². The van der Waals surface area contributed by atoms with Crippen molar-refractivity contribution in [3.05, 3.63) is 57.6 Å². The van der Waals surface area contributed by atoms with Gasteiger partial charge in [0, 0.05) is 5.56 Å². The molecule has 1 heterocycles. The Kier molecular flexibility index (Phi) is 4.54. The maximum atomic E-state index is 5.40. The Morgan fingerprint density at radius 1 is 0.808 bits per heavy atom. The van der Waals surface area contributed by atoms with Gasteiger partial charge in [-0.15, -0.1) is 0 Å². The lowest BCUT2D eigenvalue weighted by Crippen LogP contribution is -1.94. The van der Waals surface area contributed by atoms with Gasteiger partial charge < -0.3 is 9.47 Å². The maximum Gasteiger partial charge on any atom is 0.161 e. The molecule has 0 aliphatic heterocycles. The van der Waals surface area contributed by atoms with Crippen LogP contribution < -0.4 is 9.47 Å². The third kappa shape index (κ3) is 2.73. The van der Waals surface area contributed by atoms with Crippen LogP contribution in [0.1, 0.15) is 0 Å². The molecule has 130 valence electrons. The van der Waals surface area contributed by atoms with Gasteiger partial charge in [-0.2, -0.15) is 0 Å². The van der Waals surface area contributed by atoms with Gasteiger partial charge in [-0.25, -0.2) is 4.98 Å². The van der Waals surface area contributed by atoms with Crippen molar-refractivity contribution in [1.29, 1.82) is 0 Å². The molecular weight excluding hydrogens is 460 g/mol. The Bertz CT molecular complexity index is 1150. The highest BCUT2D eigenvalue weighted by molar-refractivity contribution is 9.11. The summed E-state index contributed by atoms with van der Waals surface area (Å²) < 4.78 is 12.6. The number of hydrogen-bond acceptors (Lipinski definition) is 4. The van der Waals surface area contributed by atoms with E-state index in [0.717, 1.165) is 42.0 Å². The lowest BCUT2D eigenvalue weighted by Gasteiger charge is -2.11. The van der Waals surface area contributed by atoms with Crippen LogP contribution in [0.2, 0.25) is 0 Å². The molecule has 0 saturated heterocycles. The Labute approximate surface area is 167 Å². The van der Waals surface area contributed by atoms with Crippen molar-refractivity contribution in [2.45, 2.75) is 0 Å². The fourth-order valence-corrected chi connectivity index (χ4v) is 4.22. The fraction of sp³-hybridized carbons (Fsp3) is 0.100. The first kappa shape index (κ1) is 17.2. The number of benzene rings is 3. The van der Waals surface area contributed by atoms with Crippen LogP contribution in [-0.2, 0) is 0 Å². The molecule has 4 rings (SSSR count). The second-order valence-corrected chi connectivity index (χ2v) is 7.28. The van der Waals surface area contributed by atoms with E-state index in [0.29, 0.717) is 11.5 Å². The molecule has 4 nitrogen and oxygen atoms in total. The van der Waals surface area contributed by atoms with Crippen LogP contribution >= 0.6 is 31.9 Å². The van der Waals surface area contributed by atoms with E-state index in [1.54, 1.807) is 20.4 Å². The summed E-state index contributed by atoms with van der Waals surface area (Å²) in [5, 5.41) is 2.19. The molecule has 0 saturated carbocycles. The van der Waals surface area contributed by atoms with E-state index < -0.39 is 0 Å². The molecular formula is C20H14Br2N2O2. The summed E-state index contributed by atoms with van der Waals surface area (Å²) in [6.07, 6.45) is 1.77. The average Bonchev–Trinajstić information content (AvgIpc) is 2.71. The van der Waals surface area contributed by atoms with Crippen LogP contribution in [0.25, 0.3) is 33.1 Å². The fourth-order valence-electron chi connectivity index (χ4n) is 2.96. The van der Waals surface area contributed by atoms with E-state index in [9.17, 15) is 0 Å². The third-order valence-electron chi connectivity index (χ3n) is 4.27. The first-order chi connectivity index (χ1) is 12.6. The minimum Gasteiger partial charge on any atom is -0.493 e. The van der Waals surface area contributed by atoms with Gasteiger partial charge in [0.15, 0.2) is 11.5 Å². The minimum atomic E-state index is 0.658. The number of aromatic nitrogens is 2. The number of fused-ring (bicyclic) bond motifs is 2. The molecule has 3 aromatic carbocycles. The second kappa shape index (κ2) is 6.85. The molecule has 0 spiro atoms. The zero-order valence-corrected chi connectivity index (χ0v) is 17.3. The molecule has 1 aromatic heterocycles. The topological polar surface area (TPSA) is 44.2 Å². The van der Waals surface area contributed by atoms with E-state index in [4.69, 9.17) is 14.5 Å². The highest BCUT2D eigenvalue weighted by Gasteiger charge is 2.15. The summed E-state index contributed by atoms with van der Waals surface area (Å²) in [7, 11) is 3.24. The highest BCUT2D eigenvalue weighted by Crippen LogP contribution is 2.38. The molecule has 0 amide bonds. The van der Waals surface area contributed by atoms with E-state index in [-0.39, 0.29) is 0 Å². The summed E-state index contributed by atoms with van der Waals surface area (Å²) in [5.74, 6) is 1.34. The van der Waals surface area contributed by atoms with Crippen molar-refractivity contribution in [3.63, 3.8) is 0 Å². The van der Waals surface area contributed by atoms with Crippen molar-refractivity contribution in [2.75, 3.05) is 14.2 Å². The van der Waals surface area contributed by atoms with Crippen molar-refractivity contribution >= 4 is 53.7 Å². The van der Waals surface area contributed by atoms with Crippen LogP contribution in [-0.4, -0.2) is 24.2 Å². The summed E-state index contributed by atoms with van der Waals surface area (Å²) in [6, 6.07) is 13.9. The normalized spacial score (nSPS) is 11.1. The molecule has 0 N–H and O–H groups in total. The Morgan fingerprint density at radius 2 is 1.46 bits per heavy atom. The largest absolute Gasteiger partial charge is 0.493 e. The Balaban J connectivity index is 1.96. The van der Waals surface area contributed by atoms with Gasteiger partial charge in [0.2, 0.25) is 0 Å². The number of ether oxygens (including phenoxy) is 2. The molecule has 0 aliphatic rings. The number of halogens is 2. The number of rotatable bonds is 3. The standard InChI is InChI=1S/C20H14Br2N2O2/c1-25-15-8-7-11(9-16(15)26-2)14-10-23-19-17(21)12-5-3-4-6-13(12)18(22)20(19)24-14/h3-10H,1-2H3. The van der Waals surface area contributed by atoms with Gasteiger partial charge in [0.25, 0.3) is 0 Å². The Morgan fingerprint density at radius 3 is 2.12 bits per heavy atom. The van der Waals surface area contributed by atoms with Gasteiger partial charge in [-0.3, -0.25) is 4.98 Å². The molecule has 6 heteroatoms. The molecule has 0 atom stereocenters. The molecule has 0 unspecified atom stereocenters. The zero-order valence-electron chi connectivity index (χ0n) is 14.1. The second-order valence-electron chi connectivity index (χ2n) is 5.70. The molecule has 0 fully saturated rings. The van der Waals surface area contributed by atoms with Crippen molar-refractivity contribution in [1.82, 2.24) is 9.97 Å². The van der Waals surface area contributed by atoms with Crippen LogP contribution in [0.5, 0.6) is 11.5 Å². The third-order valence-corrected chi connectivity index (χ3v) is 5.87. The van der Waals surface area contributed by atoms with E-state index in [1.807, 2.05) is 30.3 Å². The molecule has 0 bridgehead atoms. The first-order valence-corrected chi connectivity index (χ1v) is 9.47. The summed E-state index contributed by atoms with van der Waals surface area (Å²) in [5.41, 5.74) is 3.30. The van der Waals surface area contributed by atoms with Gasteiger partial charge in [-0.05, 0) is 60.8 Å². The number of methoxy groups -OCH3 is 2. The maximum absolute atomic E-state index is 5.40. The van der Waals surface area contributed by atoms with Crippen LogP contribution in [0.4, 0.5) is 0 Å². The van der Waals surface area contributed by atoms with E-state index in [2.05, 4.69) is 49.0 Å². The van der Waals surface area contributed by atoms with Crippen LogP contribution in [0, 0.1) is 0 Å². The van der Waals surface area contributed by atoms with Gasteiger partial charge >= 0.3 is 0 Å². The van der Waals surface area contributed by atoms with E-state index in [1.165, 1.54) is 0 Å². The quantitative estimate of drug-likeness (QED) is 0.342. The van der Waals surface area contributed by atoms with Crippen molar-refractivity contribution in [2.24, 2.45) is 0 Å². The smallest absolute Gasteiger partial charge is 0.161 e. The monoisotopic (exact) mass is 472 g/mol. The molecule has 0 radical (unpaired) electrons. The zero-order chi connectivity index (χ0) is 18.3. The highest BCUT2D eigenvalue weighted by atomic mass is 79.9. The van der Waals surface area contributed by atoms with E-state index >= 15 is 0 Å². The predicted molar refractivity (Wildman–Crippen MR) is 111 cm³/mol. The molecule has 0 aliphatic carbocycles. The SMILES string of the molecule is COc1ccc(-c2cnc3c(Br)c4ccccc4c(Br)c3n2)cc1OC. The predicted octanol–water partition coefficient (Wildman–Crippen LogP) is 5.99. The number of nitrogens with zero attached hydrogens (tertiary/aromatic N) is 2. The molecule has 4 aromatic rings. The summed E-state index contributed by atoms with van der Waals surface area (Å²) in [4.78, 5) is 9.51. The Hall–Kier alpha value is -2.18. The lowest BCUT2D eigenvalue weighted by molar-refractivity contribution is 0.355. The average molecular weight is 474 g/mol. The van der Waals surface area contributed by atoms with Gasteiger partial charge in [0.1, 0.15) is 11.0 Å². The first-order valence-electron chi connectivity index (χ1n) is 7.89. The summed E-state index contributed by atoms with van der Waals surface area (Å²) in [6.45, 7) is 0. The van der Waals surface area contributed by atoms with Crippen molar-refractivity contribution in [3.8, 4) is 22.8 Å². The van der Waals surface area contributed by atoms with Crippen LogP contribution in [0.15, 0.2) is 57.6 Å². The van der Waals surface area contributed by atoms with Gasteiger partial charge in [-0.1, -0.05) is 24.3 Å². The van der Waals surface area contributed by atoms with Crippen LogP contribution in [0.3, 0.4) is 0 Å². The number of hydrogen-bond donors (Lipinski definition) is 0.